The van der Waals surface area contributed by atoms with Crippen LogP contribution in [0.1, 0.15) is 23.2 Å². The molecule has 10 heteroatoms. The highest BCUT2D eigenvalue weighted by atomic mass is 16.5. The Labute approximate surface area is 150 Å². The average Bonchev–Trinajstić information content (AvgIpc) is 2.61. The molecule has 0 aliphatic carbocycles. The zero-order valence-corrected chi connectivity index (χ0v) is 14.4. The third-order valence-corrected chi connectivity index (χ3v) is 3.34. The number of aromatic hydroxyl groups is 1. The summed E-state index contributed by atoms with van der Waals surface area (Å²) in [7, 11) is 1.21. The van der Waals surface area contributed by atoms with Crippen LogP contribution >= 0.6 is 0 Å². The highest BCUT2D eigenvalue weighted by molar-refractivity contribution is 5.97. The number of carbonyl (C=O) groups excluding carboxylic acids is 3. The monoisotopic (exact) mass is 365 g/mol. The van der Waals surface area contributed by atoms with Gasteiger partial charge in [0.15, 0.2) is 5.96 Å². The first-order valence-electron chi connectivity index (χ1n) is 7.85. The first-order chi connectivity index (χ1) is 12.3. The fourth-order valence-corrected chi connectivity index (χ4v) is 2.04. The van der Waals surface area contributed by atoms with E-state index in [1.165, 1.54) is 31.4 Å². The number of guanidine groups is 1. The molecular weight excluding hydrogens is 342 g/mol. The minimum absolute atomic E-state index is 0.0273. The number of nitrogens with one attached hydrogen (secondary N) is 4. The summed E-state index contributed by atoms with van der Waals surface area (Å²) in [6, 6.07) is 4.69. The number of ether oxygens (including phenoxy) is 1. The van der Waals surface area contributed by atoms with Crippen LogP contribution in [0.2, 0.25) is 0 Å². The van der Waals surface area contributed by atoms with Crippen LogP contribution in [-0.4, -0.2) is 55.1 Å². The maximum atomic E-state index is 12.0. The van der Waals surface area contributed by atoms with E-state index in [9.17, 15) is 19.5 Å². The molecule has 0 bridgehead atoms. The molecule has 7 N–H and O–H groups in total. The van der Waals surface area contributed by atoms with Gasteiger partial charge in [-0.25, -0.2) is 4.79 Å². The zero-order chi connectivity index (χ0) is 19.5. The van der Waals surface area contributed by atoms with Crippen molar-refractivity contribution in [2.45, 2.75) is 18.9 Å². The lowest BCUT2D eigenvalue weighted by Gasteiger charge is -2.17. The van der Waals surface area contributed by atoms with Crippen molar-refractivity contribution in [2.24, 2.45) is 5.73 Å². The quantitative estimate of drug-likeness (QED) is 0.142. The highest BCUT2D eigenvalue weighted by Gasteiger charge is 2.21. The summed E-state index contributed by atoms with van der Waals surface area (Å²) in [5.41, 5.74) is 5.44. The standard InChI is InChI=1S/C16H23N5O5/c1-26-15(25)12(3-2-8-19-16(17)18)21-13(23)9-20-14(24)10-4-6-11(22)7-5-10/h4-7,12,22H,2-3,8-9H2,1H3,(H,20,24)(H,21,23)(H4,17,18,19)/t12-/m0/s1. The molecule has 0 heterocycles. The molecule has 0 aliphatic heterocycles. The van der Waals surface area contributed by atoms with Crippen molar-refractivity contribution in [3.8, 4) is 5.75 Å². The van der Waals surface area contributed by atoms with E-state index in [0.717, 1.165) is 0 Å². The lowest BCUT2D eigenvalue weighted by Crippen LogP contribution is -2.46. The van der Waals surface area contributed by atoms with Crippen LogP contribution in [0.3, 0.4) is 0 Å². The van der Waals surface area contributed by atoms with E-state index in [1.807, 2.05) is 0 Å². The number of benzene rings is 1. The number of hydrogen-bond acceptors (Lipinski definition) is 6. The molecule has 10 nitrogen and oxygen atoms in total. The number of amides is 2. The second-order valence-electron chi connectivity index (χ2n) is 5.36. The molecule has 0 unspecified atom stereocenters. The van der Waals surface area contributed by atoms with Gasteiger partial charge in [-0.2, -0.15) is 0 Å². The number of hydrogen-bond donors (Lipinski definition) is 6. The summed E-state index contributed by atoms with van der Waals surface area (Å²) >= 11 is 0. The topological polar surface area (TPSA) is 167 Å². The molecule has 0 fully saturated rings. The molecular formula is C16H23N5O5. The summed E-state index contributed by atoms with van der Waals surface area (Å²) in [6.45, 7) is 0.0508. The Hall–Kier alpha value is -3.30. The van der Waals surface area contributed by atoms with Gasteiger partial charge in [0.2, 0.25) is 5.91 Å². The molecule has 0 radical (unpaired) electrons. The van der Waals surface area contributed by atoms with Crippen LogP contribution in [0.4, 0.5) is 0 Å². The third kappa shape index (κ3) is 7.51. The lowest BCUT2D eigenvalue weighted by atomic mass is 10.1. The van der Waals surface area contributed by atoms with Crippen molar-refractivity contribution >= 4 is 23.7 Å². The minimum atomic E-state index is -0.869. The van der Waals surface area contributed by atoms with Crippen molar-refractivity contribution in [3.63, 3.8) is 0 Å². The molecule has 0 spiro atoms. The highest BCUT2D eigenvalue weighted by Crippen LogP contribution is 2.09. The van der Waals surface area contributed by atoms with E-state index < -0.39 is 23.8 Å². The van der Waals surface area contributed by atoms with E-state index in [2.05, 4.69) is 20.7 Å². The molecule has 1 atom stereocenters. The Bertz CT molecular complexity index is 647. The van der Waals surface area contributed by atoms with Crippen LogP contribution in [-0.2, 0) is 14.3 Å². The molecule has 2 amide bonds. The van der Waals surface area contributed by atoms with Crippen LogP contribution < -0.4 is 21.7 Å². The van der Waals surface area contributed by atoms with Crippen molar-refractivity contribution in [3.05, 3.63) is 29.8 Å². The number of esters is 1. The van der Waals surface area contributed by atoms with Crippen LogP contribution in [0.5, 0.6) is 5.75 Å². The normalized spacial score (nSPS) is 11.1. The first kappa shape index (κ1) is 20.7. The number of nitrogens with two attached hydrogens (primary N) is 1. The molecule has 1 rings (SSSR count). The predicted octanol–water partition coefficient (Wildman–Crippen LogP) is -0.957. The number of rotatable bonds is 9. The minimum Gasteiger partial charge on any atom is -0.508 e. The average molecular weight is 365 g/mol. The molecule has 0 saturated carbocycles. The fourth-order valence-electron chi connectivity index (χ4n) is 2.04. The number of carbonyl (C=O) groups is 3. The zero-order valence-electron chi connectivity index (χ0n) is 14.4. The maximum absolute atomic E-state index is 12.0. The Morgan fingerprint density at radius 1 is 1.23 bits per heavy atom. The summed E-state index contributed by atoms with van der Waals surface area (Å²) in [5, 5.41) is 23.7. The smallest absolute Gasteiger partial charge is 0.328 e. The Balaban J connectivity index is 2.47. The Morgan fingerprint density at radius 3 is 2.46 bits per heavy atom. The van der Waals surface area contributed by atoms with Gasteiger partial charge in [0.1, 0.15) is 11.8 Å². The first-order valence-corrected chi connectivity index (χ1v) is 7.85. The van der Waals surface area contributed by atoms with Crippen LogP contribution in [0.25, 0.3) is 0 Å². The summed E-state index contributed by atoms with van der Waals surface area (Å²) in [6.07, 6.45) is 0.754. The second-order valence-corrected chi connectivity index (χ2v) is 5.36. The van der Waals surface area contributed by atoms with Crippen molar-refractivity contribution in [2.75, 3.05) is 20.2 Å². The van der Waals surface area contributed by atoms with Gasteiger partial charge in [0.25, 0.3) is 5.91 Å². The third-order valence-electron chi connectivity index (χ3n) is 3.34. The molecule has 142 valence electrons. The van der Waals surface area contributed by atoms with Crippen molar-refractivity contribution in [1.82, 2.24) is 16.0 Å². The summed E-state index contributed by atoms with van der Waals surface area (Å²) in [5.74, 6) is -1.79. The van der Waals surface area contributed by atoms with Gasteiger partial charge in [0, 0.05) is 12.1 Å². The van der Waals surface area contributed by atoms with E-state index in [0.29, 0.717) is 13.0 Å². The van der Waals surface area contributed by atoms with Crippen LogP contribution in [0.15, 0.2) is 24.3 Å². The van der Waals surface area contributed by atoms with Gasteiger partial charge in [-0.1, -0.05) is 0 Å². The van der Waals surface area contributed by atoms with Gasteiger partial charge >= 0.3 is 5.97 Å². The molecule has 0 saturated heterocycles. The number of phenols is 1. The van der Waals surface area contributed by atoms with Gasteiger partial charge in [-0.3, -0.25) is 15.0 Å². The molecule has 0 aliphatic rings. The fraction of sp³-hybridized carbons (Fsp3) is 0.375. The van der Waals surface area contributed by atoms with Gasteiger partial charge < -0.3 is 31.5 Å². The summed E-state index contributed by atoms with van der Waals surface area (Å²) < 4.78 is 4.65. The Morgan fingerprint density at radius 2 is 1.88 bits per heavy atom. The maximum Gasteiger partial charge on any atom is 0.328 e. The van der Waals surface area contributed by atoms with Crippen molar-refractivity contribution < 1.29 is 24.2 Å². The van der Waals surface area contributed by atoms with E-state index in [-0.39, 0.29) is 30.2 Å². The number of methoxy groups -OCH3 is 1. The SMILES string of the molecule is COC(=O)[C@H](CCCNC(=N)N)NC(=O)CNC(=O)c1ccc(O)cc1. The van der Waals surface area contributed by atoms with Gasteiger partial charge in [0.05, 0.1) is 13.7 Å². The van der Waals surface area contributed by atoms with E-state index >= 15 is 0 Å². The molecule has 0 aromatic heterocycles. The summed E-state index contributed by atoms with van der Waals surface area (Å²) in [4.78, 5) is 35.6. The van der Waals surface area contributed by atoms with Gasteiger partial charge in [-0.15, -0.1) is 0 Å². The van der Waals surface area contributed by atoms with Crippen LogP contribution in [0, 0.1) is 5.41 Å². The van der Waals surface area contributed by atoms with Crippen molar-refractivity contribution in [1.29, 1.82) is 5.41 Å². The molecule has 1 aromatic rings. The number of phenolic OH excluding ortho intramolecular Hbond substituents is 1. The van der Waals surface area contributed by atoms with Gasteiger partial charge in [-0.05, 0) is 37.1 Å². The predicted molar refractivity (Wildman–Crippen MR) is 93.5 cm³/mol. The second kappa shape index (κ2) is 10.5. The van der Waals surface area contributed by atoms with E-state index in [1.54, 1.807) is 0 Å². The largest absolute Gasteiger partial charge is 0.508 e. The Kier molecular flexibility index (Phi) is 8.41. The molecule has 1 aromatic carbocycles. The lowest BCUT2D eigenvalue weighted by molar-refractivity contribution is -0.145. The van der Waals surface area contributed by atoms with E-state index in [4.69, 9.17) is 11.1 Å². The molecule has 26 heavy (non-hydrogen) atoms.